The van der Waals surface area contributed by atoms with Crippen molar-refractivity contribution in [2.75, 3.05) is 6.61 Å². The molecule has 1 heterocycles. The van der Waals surface area contributed by atoms with E-state index >= 15 is 0 Å². The lowest BCUT2D eigenvalue weighted by Gasteiger charge is -2.29. The molecule has 0 saturated carbocycles. The van der Waals surface area contributed by atoms with E-state index < -0.39 is 11.4 Å². The maximum atomic E-state index is 11.5. The molecule has 18 heavy (non-hydrogen) atoms. The van der Waals surface area contributed by atoms with Crippen LogP contribution in [-0.2, 0) is 4.79 Å². The summed E-state index contributed by atoms with van der Waals surface area (Å²) in [5.41, 5.74) is 0.538. The Morgan fingerprint density at radius 1 is 1.39 bits per heavy atom. The fourth-order valence-corrected chi connectivity index (χ4v) is 2.80. The van der Waals surface area contributed by atoms with Crippen molar-refractivity contribution in [2.45, 2.75) is 39.0 Å². The Kier molecular flexibility index (Phi) is 3.60. The minimum Gasteiger partial charge on any atom is -0.493 e. The molecule has 2 rings (SSSR count). The predicted octanol–water partition coefficient (Wildman–Crippen LogP) is 3.44. The van der Waals surface area contributed by atoms with Gasteiger partial charge in [0.15, 0.2) is 0 Å². The van der Waals surface area contributed by atoms with E-state index in [2.05, 4.69) is 0 Å². The maximum absolute atomic E-state index is 11.5. The summed E-state index contributed by atoms with van der Waals surface area (Å²) >= 11 is 0. The number of benzene rings is 1. The molecule has 0 aliphatic carbocycles. The summed E-state index contributed by atoms with van der Waals surface area (Å²) < 4.78 is 5.63. The summed E-state index contributed by atoms with van der Waals surface area (Å²) in [6.07, 6.45) is 1.99. The molecule has 1 aromatic rings. The van der Waals surface area contributed by atoms with Crippen molar-refractivity contribution in [2.24, 2.45) is 5.41 Å². The highest BCUT2D eigenvalue weighted by Crippen LogP contribution is 2.43. The number of fused-ring (bicyclic) bond motifs is 1. The van der Waals surface area contributed by atoms with Crippen molar-refractivity contribution in [1.29, 1.82) is 0 Å². The number of para-hydroxylation sites is 1. The van der Waals surface area contributed by atoms with Crippen LogP contribution in [0.5, 0.6) is 5.75 Å². The highest BCUT2D eigenvalue weighted by atomic mass is 16.5. The van der Waals surface area contributed by atoms with E-state index in [1.54, 1.807) is 0 Å². The number of aliphatic carboxylic acids is 1. The summed E-state index contributed by atoms with van der Waals surface area (Å²) in [6, 6.07) is 7.94. The molecule has 1 aromatic carbocycles. The van der Waals surface area contributed by atoms with Crippen molar-refractivity contribution in [1.82, 2.24) is 0 Å². The van der Waals surface area contributed by atoms with E-state index in [1.807, 2.05) is 38.1 Å². The van der Waals surface area contributed by atoms with Crippen LogP contribution >= 0.6 is 0 Å². The van der Waals surface area contributed by atoms with Crippen LogP contribution in [0.1, 0.15) is 44.6 Å². The van der Waals surface area contributed by atoms with Gasteiger partial charge in [0.2, 0.25) is 0 Å². The third-order valence-electron chi connectivity index (χ3n) is 4.24. The van der Waals surface area contributed by atoms with Crippen LogP contribution in [0.2, 0.25) is 0 Å². The molecular weight excluding hydrogens is 228 g/mol. The van der Waals surface area contributed by atoms with Crippen LogP contribution in [0, 0.1) is 5.41 Å². The Labute approximate surface area is 108 Å². The average molecular weight is 248 g/mol. The molecule has 0 radical (unpaired) electrons. The second-order valence-corrected chi connectivity index (χ2v) is 5.04. The average Bonchev–Trinajstić information content (AvgIpc) is 2.79. The molecule has 1 aliphatic rings. The fourth-order valence-electron chi connectivity index (χ4n) is 2.80. The normalized spacial score (nSPS) is 18.2. The first-order valence-corrected chi connectivity index (χ1v) is 6.58. The Hall–Kier alpha value is -1.51. The first kappa shape index (κ1) is 12.9. The molecule has 1 unspecified atom stereocenters. The zero-order valence-electron chi connectivity index (χ0n) is 11.0. The van der Waals surface area contributed by atoms with Crippen LogP contribution in [0.4, 0.5) is 0 Å². The van der Waals surface area contributed by atoms with Gasteiger partial charge >= 0.3 is 5.97 Å². The molecule has 3 heteroatoms. The largest absolute Gasteiger partial charge is 0.493 e. The molecule has 0 saturated heterocycles. The number of rotatable bonds is 5. The summed E-state index contributed by atoms with van der Waals surface area (Å²) in [5, 5.41) is 9.49. The van der Waals surface area contributed by atoms with Crippen molar-refractivity contribution in [3.8, 4) is 5.75 Å². The summed E-state index contributed by atoms with van der Waals surface area (Å²) in [5.74, 6) is 0.433. The molecular formula is C15H20O3. The first-order valence-electron chi connectivity index (χ1n) is 6.58. The second kappa shape index (κ2) is 5.01. The summed E-state index contributed by atoms with van der Waals surface area (Å²) in [4.78, 5) is 11.5. The molecule has 0 fully saturated rings. The van der Waals surface area contributed by atoms with Gasteiger partial charge in [0, 0.05) is 11.5 Å². The molecule has 0 spiro atoms. The third-order valence-corrected chi connectivity index (χ3v) is 4.24. The number of carboxylic acid groups (broad SMARTS) is 1. The van der Waals surface area contributed by atoms with Gasteiger partial charge in [0.25, 0.3) is 0 Å². The highest BCUT2D eigenvalue weighted by Gasteiger charge is 2.39. The quantitative estimate of drug-likeness (QED) is 0.868. The molecule has 1 aliphatic heterocycles. The summed E-state index contributed by atoms with van der Waals surface area (Å²) in [7, 11) is 0. The lowest BCUT2D eigenvalue weighted by Crippen LogP contribution is -2.32. The van der Waals surface area contributed by atoms with Crippen LogP contribution in [0.3, 0.4) is 0 Å². The van der Waals surface area contributed by atoms with Gasteiger partial charge < -0.3 is 9.84 Å². The lowest BCUT2D eigenvalue weighted by molar-refractivity contribution is -0.150. The van der Waals surface area contributed by atoms with Gasteiger partial charge in [-0.25, -0.2) is 0 Å². The predicted molar refractivity (Wildman–Crippen MR) is 69.9 cm³/mol. The van der Waals surface area contributed by atoms with E-state index in [0.29, 0.717) is 25.9 Å². The van der Waals surface area contributed by atoms with Gasteiger partial charge in [-0.1, -0.05) is 32.0 Å². The Balaban J connectivity index is 2.22. The van der Waals surface area contributed by atoms with E-state index in [1.165, 1.54) is 0 Å². The summed E-state index contributed by atoms with van der Waals surface area (Å²) in [6.45, 7) is 4.52. The van der Waals surface area contributed by atoms with Crippen molar-refractivity contribution >= 4 is 5.97 Å². The minimum atomic E-state index is -0.683. The van der Waals surface area contributed by atoms with Gasteiger partial charge in [-0.3, -0.25) is 4.79 Å². The van der Waals surface area contributed by atoms with Gasteiger partial charge in [-0.05, 0) is 25.3 Å². The van der Waals surface area contributed by atoms with Crippen molar-refractivity contribution in [3.05, 3.63) is 29.8 Å². The molecule has 1 N–H and O–H groups in total. The number of hydrogen-bond donors (Lipinski definition) is 1. The van der Waals surface area contributed by atoms with Crippen molar-refractivity contribution in [3.63, 3.8) is 0 Å². The molecule has 98 valence electrons. The third kappa shape index (κ3) is 2.09. The first-order chi connectivity index (χ1) is 8.63. The van der Waals surface area contributed by atoms with Crippen molar-refractivity contribution < 1.29 is 14.6 Å². The van der Waals surface area contributed by atoms with Crippen LogP contribution < -0.4 is 4.74 Å². The SMILES string of the molecule is CCC(CC)(CC1COc2ccccc21)C(=O)O. The Morgan fingerprint density at radius 2 is 2.06 bits per heavy atom. The number of carbonyl (C=O) groups is 1. The van der Waals surface area contributed by atoms with Gasteiger partial charge in [0.05, 0.1) is 12.0 Å². The second-order valence-electron chi connectivity index (χ2n) is 5.04. The number of hydrogen-bond acceptors (Lipinski definition) is 2. The van der Waals surface area contributed by atoms with E-state index in [9.17, 15) is 9.90 Å². The zero-order chi connectivity index (χ0) is 13.2. The molecule has 3 nitrogen and oxygen atoms in total. The number of carboxylic acids is 1. The smallest absolute Gasteiger partial charge is 0.309 e. The van der Waals surface area contributed by atoms with Crippen LogP contribution in [0.25, 0.3) is 0 Å². The van der Waals surface area contributed by atoms with Gasteiger partial charge in [-0.15, -0.1) is 0 Å². The van der Waals surface area contributed by atoms with E-state index in [0.717, 1.165) is 11.3 Å². The van der Waals surface area contributed by atoms with Gasteiger partial charge in [-0.2, -0.15) is 0 Å². The van der Waals surface area contributed by atoms with E-state index in [-0.39, 0.29) is 5.92 Å². The lowest BCUT2D eigenvalue weighted by atomic mass is 9.74. The molecule has 0 aromatic heterocycles. The van der Waals surface area contributed by atoms with Crippen LogP contribution in [-0.4, -0.2) is 17.7 Å². The minimum absolute atomic E-state index is 0.206. The van der Waals surface area contributed by atoms with E-state index in [4.69, 9.17) is 4.74 Å². The molecule has 0 amide bonds. The monoisotopic (exact) mass is 248 g/mol. The maximum Gasteiger partial charge on any atom is 0.309 e. The Bertz CT molecular complexity index is 435. The standard InChI is InChI=1S/C15H20O3/c1-3-15(4-2,14(16)17)9-11-10-18-13-8-6-5-7-12(11)13/h5-8,11H,3-4,9-10H2,1-2H3,(H,16,17). The zero-order valence-corrected chi connectivity index (χ0v) is 11.0. The Morgan fingerprint density at radius 3 is 2.67 bits per heavy atom. The topological polar surface area (TPSA) is 46.5 Å². The highest BCUT2D eigenvalue weighted by molar-refractivity contribution is 5.74. The van der Waals surface area contributed by atoms with Crippen LogP contribution in [0.15, 0.2) is 24.3 Å². The van der Waals surface area contributed by atoms with Gasteiger partial charge in [0.1, 0.15) is 5.75 Å². The molecule has 0 bridgehead atoms. The fraction of sp³-hybridized carbons (Fsp3) is 0.533. The molecule has 1 atom stereocenters. The number of ether oxygens (including phenoxy) is 1.